The fourth-order valence-electron chi connectivity index (χ4n) is 1.28. The average molecular weight is 249 g/mol. The van der Waals surface area contributed by atoms with Gasteiger partial charge in [-0.25, -0.2) is 9.78 Å². The van der Waals surface area contributed by atoms with E-state index in [4.69, 9.17) is 11.5 Å². The maximum atomic E-state index is 10.8. The largest absolute Gasteiger partial charge is 0.478 e. The monoisotopic (exact) mass is 249 g/mol. The van der Waals surface area contributed by atoms with E-state index in [0.717, 1.165) is 12.3 Å². The van der Waals surface area contributed by atoms with Crippen LogP contribution >= 0.6 is 0 Å². The Hall–Kier alpha value is -2.62. The minimum atomic E-state index is -1.27. The lowest BCUT2D eigenvalue weighted by Crippen LogP contribution is -2.16. The molecule has 7 heteroatoms. The predicted octanol–water partition coefficient (Wildman–Crippen LogP) is 1.51. The number of carboxylic acid groups (broad SMARTS) is 1. The molecule has 0 saturated heterocycles. The molecule has 1 aromatic rings. The summed E-state index contributed by atoms with van der Waals surface area (Å²) in [6.45, 7) is 1.75. The van der Waals surface area contributed by atoms with Gasteiger partial charge >= 0.3 is 11.7 Å². The normalized spacial score (nSPS) is 11.3. The Bertz CT molecular complexity index is 522. The van der Waals surface area contributed by atoms with Gasteiger partial charge in [-0.15, -0.1) is 12.3 Å². The molecule has 0 aromatic carbocycles. The van der Waals surface area contributed by atoms with Crippen molar-refractivity contribution in [3.63, 3.8) is 0 Å². The Labute approximate surface area is 103 Å². The Morgan fingerprint density at radius 1 is 1.78 bits per heavy atom. The fraction of sp³-hybridized carbons (Fsp3) is 0.273. The van der Waals surface area contributed by atoms with Crippen LogP contribution in [0.25, 0.3) is 0 Å². The second kappa shape index (κ2) is 5.63. The van der Waals surface area contributed by atoms with E-state index >= 15 is 0 Å². The smallest absolute Gasteiger partial charge is 0.337 e. The average Bonchev–Trinajstić information content (AvgIpc) is 2.29. The van der Waals surface area contributed by atoms with Crippen molar-refractivity contribution >= 4 is 17.5 Å². The molecule has 0 bridgehead atoms. The van der Waals surface area contributed by atoms with E-state index in [1.54, 1.807) is 6.92 Å². The number of carbonyl (C=O) groups is 1. The summed E-state index contributed by atoms with van der Waals surface area (Å²) in [6, 6.07) is 0.761. The van der Waals surface area contributed by atoms with Crippen LogP contribution in [0.15, 0.2) is 12.3 Å². The number of pyridine rings is 1. The van der Waals surface area contributed by atoms with Gasteiger partial charge in [0.25, 0.3) is 0 Å². The molecular formula is C11H11N3O4. The van der Waals surface area contributed by atoms with Gasteiger partial charge in [0.2, 0.25) is 5.82 Å². The van der Waals surface area contributed by atoms with Crippen molar-refractivity contribution in [2.24, 2.45) is 0 Å². The van der Waals surface area contributed by atoms with Crippen LogP contribution in [-0.2, 0) is 0 Å². The number of aromatic carboxylic acids is 1. The van der Waals surface area contributed by atoms with Crippen molar-refractivity contribution in [2.75, 3.05) is 5.32 Å². The van der Waals surface area contributed by atoms with Gasteiger partial charge in [-0.3, -0.25) is 10.1 Å². The molecule has 0 spiro atoms. The summed E-state index contributed by atoms with van der Waals surface area (Å²) in [6.07, 6.45) is 6.55. The Balaban J connectivity index is 3.08. The van der Waals surface area contributed by atoms with E-state index in [2.05, 4.69) is 16.2 Å². The highest BCUT2D eigenvalue weighted by atomic mass is 16.6. The van der Waals surface area contributed by atoms with E-state index in [1.807, 2.05) is 0 Å². The lowest BCUT2D eigenvalue weighted by Gasteiger charge is -2.11. The molecule has 1 atom stereocenters. The van der Waals surface area contributed by atoms with Gasteiger partial charge < -0.3 is 10.4 Å². The quantitative estimate of drug-likeness (QED) is 0.465. The first-order valence-electron chi connectivity index (χ1n) is 5.03. The minimum absolute atomic E-state index is 0.00718. The number of terminal acetylenes is 1. The zero-order valence-electron chi connectivity index (χ0n) is 9.58. The molecule has 1 heterocycles. The van der Waals surface area contributed by atoms with E-state index in [1.165, 1.54) is 0 Å². The molecule has 2 N–H and O–H groups in total. The molecule has 0 aliphatic carbocycles. The van der Waals surface area contributed by atoms with Gasteiger partial charge in [-0.1, -0.05) is 0 Å². The number of rotatable bonds is 5. The Morgan fingerprint density at radius 2 is 2.44 bits per heavy atom. The molecule has 0 amide bonds. The third-order valence-electron chi connectivity index (χ3n) is 2.12. The predicted molar refractivity (Wildman–Crippen MR) is 64.4 cm³/mol. The summed E-state index contributed by atoms with van der Waals surface area (Å²) in [5.41, 5.74) is -0.629. The maximum absolute atomic E-state index is 10.8. The van der Waals surface area contributed by atoms with Crippen molar-refractivity contribution in [2.45, 2.75) is 19.4 Å². The standard InChI is InChI=1S/C11H11N3O4/c1-3-4-7(2)13-10-9(14(17)18)5-8(6-12-10)11(15)16/h1,5-7H,4H2,2H3,(H,12,13)(H,15,16). The summed E-state index contributed by atoms with van der Waals surface area (Å²) in [5.74, 6) is 1.15. The molecule has 0 saturated carbocycles. The first kappa shape index (κ1) is 13.4. The van der Waals surface area contributed by atoms with Crippen LogP contribution in [0, 0.1) is 22.5 Å². The molecule has 94 valence electrons. The van der Waals surface area contributed by atoms with Crippen molar-refractivity contribution in [1.29, 1.82) is 0 Å². The molecule has 0 aliphatic rings. The van der Waals surface area contributed by atoms with Gasteiger partial charge in [0, 0.05) is 24.7 Å². The number of nitrogens with zero attached hydrogens (tertiary/aromatic N) is 2. The van der Waals surface area contributed by atoms with Gasteiger partial charge in [0.15, 0.2) is 0 Å². The SMILES string of the molecule is C#CCC(C)Nc1ncc(C(=O)O)cc1[N+](=O)[O-]. The lowest BCUT2D eigenvalue weighted by molar-refractivity contribution is -0.384. The van der Waals surface area contributed by atoms with Crippen molar-refractivity contribution < 1.29 is 14.8 Å². The lowest BCUT2D eigenvalue weighted by atomic mass is 10.2. The van der Waals surface area contributed by atoms with Crippen LogP contribution in [0.1, 0.15) is 23.7 Å². The van der Waals surface area contributed by atoms with E-state index in [9.17, 15) is 14.9 Å². The Kier molecular flexibility index (Phi) is 4.21. The minimum Gasteiger partial charge on any atom is -0.478 e. The molecule has 1 unspecified atom stereocenters. The summed E-state index contributed by atoms with van der Waals surface area (Å²) < 4.78 is 0. The Morgan fingerprint density at radius 3 is 2.94 bits per heavy atom. The van der Waals surface area contributed by atoms with Gasteiger partial charge in [0.05, 0.1) is 10.5 Å². The van der Waals surface area contributed by atoms with Crippen LogP contribution in [0.5, 0.6) is 0 Å². The second-order valence-corrected chi connectivity index (χ2v) is 3.61. The topological polar surface area (TPSA) is 105 Å². The third-order valence-corrected chi connectivity index (χ3v) is 2.12. The van der Waals surface area contributed by atoms with Crippen LogP contribution in [0.3, 0.4) is 0 Å². The van der Waals surface area contributed by atoms with E-state index in [-0.39, 0.29) is 17.4 Å². The zero-order valence-corrected chi connectivity index (χ0v) is 9.58. The van der Waals surface area contributed by atoms with Gasteiger partial charge in [-0.05, 0) is 6.92 Å². The molecule has 0 fully saturated rings. The number of hydrogen-bond acceptors (Lipinski definition) is 5. The summed E-state index contributed by atoms with van der Waals surface area (Å²) in [5, 5.41) is 22.3. The summed E-state index contributed by atoms with van der Waals surface area (Å²) >= 11 is 0. The zero-order chi connectivity index (χ0) is 13.7. The number of nitro groups is 1. The van der Waals surface area contributed by atoms with Gasteiger partial charge in [0.1, 0.15) is 0 Å². The number of carboxylic acids is 1. The highest BCUT2D eigenvalue weighted by molar-refractivity contribution is 5.88. The summed E-state index contributed by atoms with van der Waals surface area (Å²) in [4.78, 5) is 24.6. The third kappa shape index (κ3) is 3.18. The maximum Gasteiger partial charge on any atom is 0.337 e. The molecule has 1 rings (SSSR count). The molecular weight excluding hydrogens is 238 g/mol. The molecule has 18 heavy (non-hydrogen) atoms. The first-order valence-corrected chi connectivity index (χ1v) is 5.03. The molecule has 7 nitrogen and oxygen atoms in total. The van der Waals surface area contributed by atoms with Crippen LogP contribution in [-0.4, -0.2) is 27.0 Å². The number of nitrogens with one attached hydrogen (secondary N) is 1. The molecule has 0 aliphatic heterocycles. The van der Waals surface area contributed by atoms with Crippen LogP contribution in [0.4, 0.5) is 11.5 Å². The number of hydrogen-bond donors (Lipinski definition) is 2. The van der Waals surface area contributed by atoms with E-state index in [0.29, 0.717) is 6.42 Å². The van der Waals surface area contributed by atoms with Crippen molar-refractivity contribution in [3.05, 3.63) is 27.9 Å². The number of aromatic nitrogens is 1. The number of anilines is 1. The van der Waals surface area contributed by atoms with Crippen molar-refractivity contribution in [3.8, 4) is 12.3 Å². The highest BCUT2D eigenvalue weighted by Gasteiger charge is 2.19. The van der Waals surface area contributed by atoms with Crippen LogP contribution < -0.4 is 5.32 Å². The van der Waals surface area contributed by atoms with Gasteiger partial charge in [-0.2, -0.15) is 0 Å². The van der Waals surface area contributed by atoms with Crippen molar-refractivity contribution in [1.82, 2.24) is 4.98 Å². The second-order valence-electron chi connectivity index (χ2n) is 3.61. The summed E-state index contributed by atoms with van der Waals surface area (Å²) in [7, 11) is 0. The molecule has 1 aromatic heterocycles. The van der Waals surface area contributed by atoms with Crippen LogP contribution in [0.2, 0.25) is 0 Å². The highest BCUT2D eigenvalue weighted by Crippen LogP contribution is 2.23. The molecule has 0 radical (unpaired) electrons. The fourth-order valence-corrected chi connectivity index (χ4v) is 1.28. The van der Waals surface area contributed by atoms with E-state index < -0.39 is 16.6 Å². The first-order chi connectivity index (χ1) is 8.45.